The van der Waals surface area contributed by atoms with Gasteiger partial charge in [-0.3, -0.25) is 4.79 Å². The van der Waals surface area contributed by atoms with Crippen LogP contribution in [0.2, 0.25) is 5.02 Å². The molecule has 1 N–H and O–H groups in total. The number of hydrogen-bond donors (Lipinski definition) is 1. The van der Waals surface area contributed by atoms with Crippen molar-refractivity contribution in [2.24, 2.45) is 0 Å². The summed E-state index contributed by atoms with van der Waals surface area (Å²) in [4.78, 5) is 12.1. The normalized spacial score (nSPS) is 10.7. The number of amides is 1. The van der Waals surface area contributed by atoms with E-state index < -0.39 is 0 Å². The van der Waals surface area contributed by atoms with Gasteiger partial charge in [-0.1, -0.05) is 55.8 Å². The molecule has 0 atom stereocenters. The molecule has 0 fully saturated rings. The van der Waals surface area contributed by atoms with Gasteiger partial charge in [0.1, 0.15) is 0 Å². The smallest absolute Gasteiger partial charge is 0.234 e. The SMILES string of the molecule is CC(C)c1ccccc1NC(=O)CSCc1cccc(Cl)c1. The van der Waals surface area contributed by atoms with Crippen molar-refractivity contribution in [2.45, 2.75) is 25.5 Å². The second kappa shape index (κ2) is 8.25. The summed E-state index contributed by atoms with van der Waals surface area (Å²) in [6.45, 7) is 4.25. The molecule has 4 heteroatoms. The zero-order chi connectivity index (χ0) is 15.9. The Kier molecular flexibility index (Phi) is 6.34. The summed E-state index contributed by atoms with van der Waals surface area (Å²) in [5, 5.41) is 3.73. The van der Waals surface area contributed by atoms with Crippen LogP contribution in [0.1, 0.15) is 30.9 Å². The number of carbonyl (C=O) groups is 1. The molecule has 2 aromatic rings. The minimum absolute atomic E-state index is 0.0279. The molecule has 0 aliphatic rings. The van der Waals surface area contributed by atoms with E-state index in [0.29, 0.717) is 11.7 Å². The number of hydrogen-bond acceptors (Lipinski definition) is 2. The second-order valence-corrected chi connectivity index (χ2v) is 6.83. The molecule has 1 amide bonds. The lowest BCUT2D eigenvalue weighted by molar-refractivity contribution is -0.113. The van der Waals surface area contributed by atoms with Crippen LogP contribution in [0.3, 0.4) is 0 Å². The first-order chi connectivity index (χ1) is 10.6. The largest absolute Gasteiger partial charge is 0.325 e. The fourth-order valence-corrected chi connectivity index (χ4v) is 3.18. The summed E-state index contributed by atoms with van der Waals surface area (Å²) < 4.78 is 0. The average Bonchev–Trinajstić information content (AvgIpc) is 2.47. The molecule has 2 rings (SSSR count). The Morgan fingerprint density at radius 3 is 2.68 bits per heavy atom. The first kappa shape index (κ1) is 16.9. The molecule has 0 aromatic heterocycles. The third kappa shape index (κ3) is 5.08. The number of thioether (sulfide) groups is 1. The average molecular weight is 334 g/mol. The molecule has 0 unspecified atom stereocenters. The zero-order valence-electron chi connectivity index (χ0n) is 12.8. The van der Waals surface area contributed by atoms with Gasteiger partial charge in [-0.05, 0) is 35.2 Å². The predicted molar refractivity (Wildman–Crippen MR) is 96.8 cm³/mol. The minimum atomic E-state index is 0.0279. The number of para-hydroxylation sites is 1. The molecule has 0 spiro atoms. The molecule has 0 aliphatic carbocycles. The van der Waals surface area contributed by atoms with Crippen molar-refractivity contribution in [3.8, 4) is 0 Å². The first-order valence-electron chi connectivity index (χ1n) is 7.27. The van der Waals surface area contributed by atoms with E-state index >= 15 is 0 Å². The van der Waals surface area contributed by atoms with Crippen LogP contribution < -0.4 is 5.32 Å². The first-order valence-corrected chi connectivity index (χ1v) is 8.80. The van der Waals surface area contributed by atoms with Gasteiger partial charge in [0.25, 0.3) is 0 Å². The highest BCUT2D eigenvalue weighted by Crippen LogP contribution is 2.24. The quantitative estimate of drug-likeness (QED) is 0.773. The Hall–Kier alpha value is -1.45. The van der Waals surface area contributed by atoms with Crippen LogP contribution in [0.15, 0.2) is 48.5 Å². The van der Waals surface area contributed by atoms with Gasteiger partial charge in [0, 0.05) is 16.5 Å². The zero-order valence-corrected chi connectivity index (χ0v) is 14.4. The van der Waals surface area contributed by atoms with E-state index in [9.17, 15) is 4.79 Å². The van der Waals surface area contributed by atoms with Gasteiger partial charge in [-0.2, -0.15) is 0 Å². The summed E-state index contributed by atoms with van der Waals surface area (Å²) in [6.07, 6.45) is 0. The Morgan fingerprint density at radius 1 is 1.18 bits per heavy atom. The Bertz CT molecular complexity index is 642. The molecular weight excluding hydrogens is 314 g/mol. The molecule has 0 aliphatic heterocycles. The summed E-state index contributed by atoms with van der Waals surface area (Å²) in [7, 11) is 0. The molecule has 0 saturated heterocycles. The van der Waals surface area contributed by atoms with Crippen molar-refractivity contribution in [3.05, 3.63) is 64.7 Å². The maximum Gasteiger partial charge on any atom is 0.234 e. The van der Waals surface area contributed by atoms with Gasteiger partial charge in [-0.15, -0.1) is 11.8 Å². The minimum Gasteiger partial charge on any atom is -0.325 e. The van der Waals surface area contributed by atoms with Crippen molar-refractivity contribution in [2.75, 3.05) is 11.1 Å². The lowest BCUT2D eigenvalue weighted by Gasteiger charge is -2.13. The summed E-state index contributed by atoms with van der Waals surface area (Å²) in [6, 6.07) is 15.7. The number of carbonyl (C=O) groups excluding carboxylic acids is 1. The maximum absolute atomic E-state index is 12.1. The maximum atomic E-state index is 12.1. The van der Waals surface area contributed by atoms with E-state index in [0.717, 1.165) is 27.6 Å². The fraction of sp³-hybridized carbons (Fsp3) is 0.278. The molecule has 0 heterocycles. The predicted octanol–water partition coefficient (Wildman–Crippen LogP) is 5.34. The number of nitrogens with one attached hydrogen (secondary N) is 1. The number of rotatable bonds is 6. The van der Waals surface area contributed by atoms with Crippen molar-refractivity contribution < 1.29 is 4.79 Å². The molecular formula is C18H20ClNOS. The standard InChI is InChI=1S/C18H20ClNOS/c1-13(2)16-8-3-4-9-17(16)20-18(21)12-22-11-14-6-5-7-15(19)10-14/h3-10,13H,11-12H2,1-2H3,(H,20,21). The van der Waals surface area contributed by atoms with E-state index in [4.69, 9.17) is 11.6 Å². The lowest BCUT2D eigenvalue weighted by Crippen LogP contribution is -2.15. The summed E-state index contributed by atoms with van der Waals surface area (Å²) in [5.41, 5.74) is 3.20. The van der Waals surface area contributed by atoms with Gasteiger partial charge in [0.15, 0.2) is 0 Å². The summed E-state index contributed by atoms with van der Waals surface area (Å²) >= 11 is 7.54. The number of benzene rings is 2. The van der Waals surface area contributed by atoms with Crippen molar-refractivity contribution in [1.29, 1.82) is 0 Å². The monoisotopic (exact) mass is 333 g/mol. The fourth-order valence-electron chi connectivity index (χ4n) is 2.19. The van der Waals surface area contributed by atoms with Gasteiger partial charge < -0.3 is 5.32 Å². The molecule has 0 bridgehead atoms. The molecule has 2 aromatic carbocycles. The molecule has 2 nitrogen and oxygen atoms in total. The van der Waals surface area contributed by atoms with Gasteiger partial charge in [0.05, 0.1) is 5.75 Å². The van der Waals surface area contributed by atoms with Crippen LogP contribution in [0.5, 0.6) is 0 Å². The van der Waals surface area contributed by atoms with E-state index in [1.807, 2.05) is 42.5 Å². The van der Waals surface area contributed by atoms with Crippen LogP contribution in [0.4, 0.5) is 5.69 Å². The van der Waals surface area contributed by atoms with E-state index in [1.165, 1.54) is 0 Å². The molecule has 0 radical (unpaired) electrons. The van der Waals surface area contributed by atoms with Crippen LogP contribution >= 0.6 is 23.4 Å². The lowest BCUT2D eigenvalue weighted by atomic mass is 10.0. The number of halogens is 1. The van der Waals surface area contributed by atoms with Crippen LogP contribution in [0, 0.1) is 0 Å². The van der Waals surface area contributed by atoms with Crippen LogP contribution in [-0.2, 0) is 10.5 Å². The Morgan fingerprint density at radius 2 is 1.95 bits per heavy atom. The van der Waals surface area contributed by atoms with E-state index in [2.05, 4.69) is 25.2 Å². The van der Waals surface area contributed by atoms with Crippen molar-refractivity contribution in [1.82, 2.24) is 0 Å². The second-order valence-electron chi connectivity index (χ2n) is 5.41. The number of anilines is 1. The third-order valence-corrected chi connectivity index (χ3v) is 4.49. The van der Waals surface area contributed by atoms with Crippen LogP contribution in [0.25, 0.3) is 0 Å². The third-order valence-electron chi connectivity index (χ3n) is 3.25. The highest BCUT2D eigenvalue weighted by atomic mass is 35.5. The topological polar surface area (TPSA) is 29.1 Å². The van der Waals surface area contributed by atoms with Gasteiger partial charge >= 0.3 is 0 Å². The van der Waals surface area contributed by atoms with Crippen LogP contribution in [-0.4, -0.2) is 11.7 Å². The van der Waals surface area contributed by atoms with Gasteiger partial charge in [-0.25, -0.2) is 0 Å². The highest BCUT2D eigenvalue weighted by Gasteiger charge is 2.09. The molecule has 116 valence electrons. The molecule has 0 saturated carbocycles. The summed E-state index contributed by atoms with van der Waals surface area (Å²) in [5.74, 6) is 1.62. The van der Waals surface area contributed by atoms with E-state index in [1.54, 1.807) is 11.8 Å². The van der Waals surface area contributed by atoms with Crippen molar-refractivity contribution >= 4 is 35.0 Å². The Balaban J connectivity index is 1.86. The van der Waals surface area contributed by atoms with Crippen molar-refractivity contribution in [3.63, 3.8) is 0 Å². The van der Waals surface area contributed by atoms with Gasteiger partial charge in [0.2, 0.25) is 5.91 Å². The molecule has 22 heavy (non-hydrogen) atoms. The Labute approximate surface area is 141 Å². The highest BCUT2D eigenvalue weighted by molar-refractivity contribution is 7.99. The van der Waals surface area contributed by atoms with E-state index in [-0.39, 0.29) is 5.91 Å².